The van der Waals surface area contributed by atoms with Crippen LogP contribution in [0, 0.1) is 0 Å². The van der Waals surface area contributed by atoms with Gasteiger partial charge in [0, 0.05) is 10.7 Å². The SMILES string of the molecule is CC(C)(C)c1ccc(NC(=O)COn2nnc3ccc(Cl)cc32)cc1. The highest BCUT2D eigenvalue weighted by molar-refractivity contribution is 6.31. The molecule has 0 radical (unpaired) electrons. The predicted molar refractivity (Wildman–Crippen MR) is 97.8 cm³/mol. The fraction of sp³-hybridized carbons (Fsp3) is 0.278. The highest BCUT2D eigenvalue weighted by atomic mass is 35.5. The van der Waals surface area contributed by atoms with Crippen LogP contribution in [0.4, 0.5) is 5.69 Å². The van der Waals surface area contributed by atoms with E-state index >= 15 is 0 Å². The van der Waals surface area contributed by atoms with Crippen LogP contribution in [0.2, 0.25) is 5.02 Å². The summed E-state index contributed by atoms with van der Waals surface area (Å²) in [5.41, 5.74) is 3.24. The Morgan fingerprint density at radius 2 is 1.92 bits per heavy atom. The number of nitrogens with one attached hydrogen (secondary N) is 1. The first-order valence-electron chi connectivity index (χ1n) is 7.87. The largest absolute Gasteiger partial charge is 0.385 e. The Kier molecular flexibility index (Phi) is 4.63. The van der Waals surface area contributed by atoms with Crippen LogP contribution in [0.1, 0.15) is 26.3 Å². The van der Waals surface area contributed by atoms with Gasteiger partial charge in [0.25, 0.3) is 5.91 Å². The van der Waals surface area contributed by atoms with Crippen LogP contribution in [0.5, 0.6) is 0 Å². The van der Waals surface area contributed by atoms with Crippen LogP contribution < -0.4 is 10.2 Å². The average Bonchev–Trinajstić information content (AvgIpc) is 2.95. The lowest BCUT2D eigenvalue weighted by Gasteiger charge is -2.19. The maximum absolute atomic E-state index is 12.1. The molecule has 0 aliphatic carbocycles. The zero-order valence-corrected chi connectivity index (χ0v) is 15.0. The maximum Gasteiger partial charge on any atom is 0.265 e. The van der Waals surface area contributed by atoms with Crippen LogP contribution in [0.25, 0.3) is 11.0 Å². The first kappa shape index (κ1) is 17.2. The maximum atomic E-state index is 12.1. The van der Waals surface area contributed by atoms with Gasteiger partial charge < -0.3 is 10.2 Å². The number of carbonyl (C=O) groups is 1. The number of amides is 1. The van der Waals surface area contributed by atoms with E-state index in [0.717, 1.165) is 0 Å². The molecule has 0 aliphatic rings. The van der Waals surface area contributed by atoms with E-state index in [1.54, 1.807) is 18.2 Å². The third-order valence-electron chi connectivity index (χ3n) is 3.73. The van der Waals surface area contributed by atoms with E-state index in [-0.39, 0.29) is 17.9 Å². The molecule has 0 unspecified atom stereocenters. The van der Waals surface area contributed by atoms with Crippen molar-refractivity contribution in [3.63, 3.8) is 0 Å². The van der Waals surface area contributed by atoms with Gasteiger partial charge in [0.05, 0.1) is 0 Å². The zero-order valence-electron chi connectivity index (χ0n) is 14.3. The van der Waals surface area contributed by atoms with E-state index < -0.39 is 0 Å². The molecule has 7 heteroatoms. The first-order chi connectivity index (χ1) is 11.8. The van der Waals surface area contributed by atoms with Crippen molar-refractivity contribution in [1.29, 1.82) is 0 Å². The standard InChI is InChI=1S/C18H19ClN4O2/c1-18(2,3)12-4-7-14(8-5-12)20-17(24)11-25-23-16-10-13(19)6-9-15(16)21-22-23/h4-10H,11H2,1-3H3,(H,20,24). The van der Waals surface area contributed by atoms with Gasteiger partial charge in [-0.3, -0.25) is 4.79 Å². The Hall–Kier alpha value is -2.60. The minimum Gasteiger partial charge on any atom is -0.385 e. The van der Waals surface area contributed by atoms with E-state index in [9.17, 15) is 4.79 Å². The summed E-state index contributed by atoms with van der Waals surface area (Å²) in [7, 11) is 0. The monoisotopic (exact) mass is 358 g/mol. The molecule has 1 heterocycles. The molecule has 3 rings (SSSR count). The highest BCUT2D eigenvalue weighted by Crippen LogP contribution is 2.23. The van der Waals surface area contributed by atoms with Gasteiger partial charge >= 0.3 is 0 Å². The number of hydrogen-bond acceptors (Lipinski definition) is 4. The fourth-order valence-electron chi connectivity index (χ4n) is 2.34. The van der Waals surface area contributed by atoms with Crippen LogP contribution in [-0.4, -0.2) is 27.7 Å². The molecule has 6 nitrogen and oxygen atoms in total. The van der Waals surface area contributed by atoms with E-state index in [0.29, 0.717) is 21.7 Å². The molecule has 0 saturated heterocycles. The molecule has 130 valence electrons. The summed E-state index contributed by atoms with van der Waals surface area (Å²) < 4.78 is 0. The fourth-order valence-corrected chi connectivity index (χ4v) is 2.50. The number of benzene rings is 2. The lowest BCUT2D eigenvalue weighted by molar-refractivity contribution is -0.121. The highest BCUT2D eigenvalue weighted by Gasteiger charge is 2.13. The number of fused-ring (bicyclic) bond motifs is 1. The first-order valence-corrected chi connectivity index (χ1v) is 8.25. The van der Waals surface area contributed by atoms with Gasteiger partial charge in [0.15, 0.2) is 6.61 Å². The summed E-state index contributed by atoms with van der Waals surface area (Å²) in [6.45, 7) is 6.24. The number of anilines is 1. The third-order valence-corrected chi connectivity index (χ3v) is 3.96. The second-order valence-electron chi connectivity index (χ2n) is 6.74. The molecule has 0 saturated carbocycles. The van der Waals surface area contributed by atoms with Crippen LogP contribution in [0.15, 0.2) is 42.5 Å². The summed E-state index contributed by atoms with van der Waals surface area (Å²) >= 11 is 5.96. The molecule has 1 aromatic heterocycles. The molecular formula is C18H19ClN4O2. The van der Waals surface area contributed by atoms with Gasteiger partial charge in [-0.05, 0) is 46.5 Å². The smallest absolute Gasteiger partial charge is 0.265 e. The number of carbonyl (C=O) groups excluding carboxylic acids is 1. The summed E-state index contributed by atoms with van der Waals surface area (Å²) in [4.78, 5) is 18.7. The Morgan fingerprint density at radius 1 is 1.20 bits per heavy atom. The third kappa shape index (κ3) is 4.09. The molecule has 25 heavy (non-hydrogen) atoms. The van der Waals surface area contributed by atoms with Gasteiger partial charge in [-0.15, -0.1) is 5.10 Å². The minimum absolute atomic E-state index is 0.0705. The van der Waals surface area contributed by atoms with Gasteiger partial charge in [0.1, 0.15) is 11.0 Å². The lowest BCUT2D eigenvalue weighted by Crippen LogP contribution is -2.26. The molecule has 1 amide bonds. The van der Waals surface area contributed by atoms with Crippen LogP contribution in [-0.2, 0) is 10.2 Å². The van der Waals surface area contributed by atoms with Gasteiger partial charge in [-0.25, -0.2) is 0 Å². The predicted octanol–water partition coefficient (Wildman–Crippen LogP) is 3.45. The second-order valence-corrected chi connectivity index (χ2v) is 7.18. The second kappa shape index (κ2) is 6.72. The van der Waals surface area contributed by atoms with E-state index in [2.05, 4.69) is 36.4 Å². The number of nitrogens with zero attached hydrogens (tertiary/aromatic N) is 3. The number of hydrogen-bond donors (Lipinski definition) is 1. The van der Waals surface area contributed by atoms with Crippen molar-refractivity contribution in [2.45, 2.75) is 26.2 Å². The average molecular weight is 359 g/mol. The van der Waals surface area contributed by atoms with Crippen molar-refractivity contribution in [3.8, 4) is 0 Å². The summed E-state index contributed by atoms with van der Waals surface area (Å²) in [6.07, 6.45) is 0. The molecule has 1 N–H and O–H groups in total. The van der Waals surface area contributed by atoms with Crippen molar-refractivity contribution >= 4 is 34.2 Å². The van der Waals surface area contributed by atoms with Crippen LogP contribution >= 0.6 is 11.6 Å². The summed E-state index contributed by atoms with van der Waals surface area (Å²) in [5, 5.41) is 11.1. The number of halogens is 1. The van der Waals surface area contributed by atoms with Crippen molar-refractivity contribution in [2.75, 3.05) is 11.9 Å². The van der Waals surface area contributed by atoms with Gasteiger partial charge in [-0.1, -0.05) is 49.3 Å². The Bertz CT molecular complexity index is 898. The van der Waals surface area contributed by atoms with Gasteiger partial charge in [-0.2, -0.15) is 0 Å². The van der Waals surface area contributed by atoms with E-state index in [1.165, 1.54) is 10.4 Å². The number of aromatic nitrogens is 3. The molecule has 0 bridgehead atoms. The van der Waals surface area contributed by atoms with E-state index in [1.807, 2.05) is 24.3 Å². The van der Waals surface area contributed by atoms with E-state index in [4.69, 9.17) is 16.4 Å². The lowest BCUT2D eigenvalue weighted by atomic mass is 9.87. The summed E-state index contributed by atoms with van der Waals surface area (Å²) in [5.74, 6) is -0.283. The molecular weight excluding hydrogens is 340 g/mol. The molecule has 2 aromatic carbocycles. The Morgan fingerprint density at radius 3 is 2.60 bits per heavy atom. The molecule has 0 atom stereocenters. The van der Waals surface area contributed by atoms with Crippen molar-refractivity contribution in [2.24, 2.45) is 0 Å². The molecule has 3 aromatic rings. The topological polar surface area (TPSA) is 69.0 Å². The molecule has 0 aliphatic heterocycles. The molecule has 0 spiro atoms. The van der Waals surface area contributed by atoms with Gasteiger partial charge in [0.2, 0.25) is 0 Å². The van der Waals surface area contributed by atoms with Crippen LogP contribution in [0.3, 0.4) is 0 Å². The van der Waals surface area contributed by atoms with Crippen molar-refractivity contribution < 1.29 is 9.63 Å². The zero-order chi connectivity index (χ0) is 18.0. The Labute approximate surface area is 150 Å². The minimum atomic E-state index is -0.283. The van der Waals surface area contributed by atoms with Crippen molar-refractivity contribution in [1.82, 2.24) is 15.2 Å². The number of rotatable bonds is 4. The molecule has 0 fully saturated rings. The quantitative estimate of drug-likeness (QED) is 0.775. The Balaban J connectivity index is 1.62. The summed E-state index contributed by atoms with van der Waals surface area (Å²) in [6, 6.07) is 12.9. The van der Waals surface area contributed by atoms with Crippen molar-refractivity contribution in [3.05, 3.63) is 53.1 Å². The normalized spacial score (nSPS) is 11.5.